The van der Waals surface area contributed by atoms with Gasteiger partial charge in [-0.2, -0.15) is 0 Å². The first-order chi connectivity index (χ1) is 15.0. The highest BCUT2D eigenvalue weighted by atomic mass is 35.5. The van der Waals surface area contributed by atoms with Gasteiger partial charge < -0.3 is 9.64 Å². The van der Waals surface area contributed by atoms with Crippen molar-refractivity contribution in [3.05, 3.63) is 51.4 Å². The Balaban J connectivity index is 1.31. The molecule has 0 N–H and O–H groups in total. The Hall–Kier alpha value is -2.07. The number of thiophene rings is 1. The fourth-order valence-electron chi connectivity index (χ4n) is 3.50. The van der Waals surface area contributed by atoms with Gasteiger partial charge in [0.1, 0.15) is 11.6 Å². The smallest absolute Gasteiger partial charge is 0.233 e. The molecule has 1 saturated heterocycles. The number of benzene rings is 1. The molecule has 0 aliphatic carbocycles. The summed E-state index contributed by atoms with van der Waals surface area (Å²) in [5.74, 6) is 2.04. The van der Waals surface area contributed by atoms with Gasteiger partial charge in [-0.3, -0.25) is 14.3 Å². The van der Waals surface area contributed by atoms with Gasteiger partial charge in [0.05, 0.1) is 17.2 Å². The van der Waals surface area contributed by atoms with Gasteiger partial charge in [0.25, 0.3) is 0 Å². The van der Waals surface area contributed by atoms with Crippen LogP contribution in [-0.2, 0) is 11.3 Å². The second-order valence-corrected chi connectivity index (χ2v) is 9.96. The zero-order valence-corrected chi connectivity index (χ0v) is 19.8. The lowest BCUT2D eigenvalue weighted by Gasteiger charge is -2.34. The second-order valence-electron chi connectivity index (χ2n) is 7.21. The molecule has 31 heavy (non-hydrogen) atoms. The summed E-state index contributed by atoms with van der Waals surface area (Å²) in [7, 11) is 1.64. The first kappa shape index (κ1) is 22.1. The minimum absolute atomic E-state index is 0.130. The molecule has 1 amide bonds. The molecule has 2 aromatic heterocycles. The van der Waals surface area contributed by atoms with Crippen LogP contribution in [0.4, 0.5) is 0 Å². The number of nitrogens with zero attached hydrogens (tertiary/aromatic N) is 5. The SMILES string of the molecule is COc1ccc(-n2c(C)nnc2SCC(=O)N2CCN(Cc3ccc(Cl)s3)CC2)cc1. The number of aromatic nitrogens is 3. The molecular weight excluding hydrogens is 454 g/mol. The molecular formula is C21H24ClN5O2S2. The normalized spacial score (nSPS) is 14.7. The van der Waals surface area contributed by atoms with Crippen molar-refractivity contribution in [2.75, 3.05) is 39.0 Å². The summed E-state index contributed by atoms with van der Waals surface area (Å²) >= 11 is 9.06. The van der Waals surface area contributed by atoms with E-state index in [9.17, 15) is 4.79 Å². The van der Waals surface area contributed by atoms with Crippen molar-refractivity contribution in [3.63, 3.8) is 0 Å². The molecule has 10 heteroatoms. The fraction of sp³-hybridized carbons (Fsp3) is 0.381. The molecule has 1 aromatic carbocycles. The zero-order valence-electron chi connectivity index (χ0n) is 17.5. The molecule has 1 fully saturated rings. The van der Waals surface area contributed by atoms with Gasteiger partial charge in [-0.05, 0) is 43.3 Å². The topological polar surface area (TPSA) is 63.5 Å². The van der Waals surface area contributed by atoms with Crippen molar-refractivity contribution in [1.29, 1.82) is 0 Å². The molecule has 0 bridgehead atoms. The van der Waals surface area contributed by atoms with Gasteiger partial charge in [0.2, 0.25) is 5.91 Å². The lowest BCUT2D eigenvalue weighted by molar-refractivity contribution is -0.130. The average molecular weight is 478 g/mol. The van der Waals surface area contributed by atoms with Gasteiger partial charge >= 0.3 is 0 Å². The third-order valence-electron chi connectivity index (χ3n) is 5.18. The van der Waals surface area contributed by atoms with Gasteiger partial charge in [-0.15, -0.1) is 21.5 Å². The second kappa shape index (κ2) is 10.0. The zero-order chi connectivity index (χ0) is 21.8. The molecule has 4 rings (SSSR count). The summed E-state index contributed by atoms with van der Waals surface area (Å²) < 4.78 is 8.01. The number of amides is 1. The van der Waals surface area contributed by atoms with Crippen LogP contribution in [0.2, 0.25) is 4.34 Å². The highest BCUT2D eigenvalue weighted by molar-refractivity contribution is 7.99. The number of carbonyl (C=O) groups excluding carboxylic acids is 1. The molecule has 164 valence electrons. The molecule has 3 heterocycles. The van der Waals surface area contributed by atoms with Crippen LogP contribution >= 0.6 is 34.7 Å². The predicted octanol–water partition coefficient (Wildman–Crippen LogP) is 3.74. The van der Waals surface area contributed by atoms with E-state index in [0.29, 0.717) is 10.9 Å². The Morgan fingerprint density at radius 1 is 1.13 bits per heavy atom. The Bertz CT molecular complexity index is 1030. The summed E-state index contributed by atoms with van der Waals surface area (Å²) in [6, 6.07) is 11.7. The van der Waals surface area contributed by atoms with Gasteiger partial charge in [-0.25, -0.2) is 0 Å². The molecule has 0 unspecified atom stereocenters. The number of aryl methyl sites for hydroxylation is 1. The van der Waals surface area contributed by atoms with Crippen LogP contribution in [0.15, 0.2) is 41.6 Å². The van der Waals surface area contributed by atoms with E-state index in [1.807, 2.05) is 46.7 Å². The van der Waals surface area contributed by atoms with Crippen LogP contribution in [-0.4, -0.2) is 69.5 Å². The van der Waals surface area contributed by atoms with Crippen molar-refractivity contribution in [2.45, 2.75) is 18.6 Å². The van der Waals surface area contributed by atoms with Crippen LogP contribution in [0.25, 0.3) is 5.69 Å². The summed E-state index contributed by atoms with van der Waals surface area (Å²) in [4.78, 5) is 18.3. The van der Waals surface area contributed by atoms with Crippen molar-refractivity contribution < 1.29 is 9.53 Å². The van der Waals surface area contributed by atoms with E-state index in [0.717, 1.165) is 54.3 Å². The quantitative estimate of drug-likeness (QED) is 0.483. The molecule has 1 aliphatic rings. The first-order valence-electron chi connectivity index (χ1n) is 9.97. The van der Waals surface area contributed by atoms with E-state index in [-0.39, 0.29) is 5.91 Å². The number of hydrogen-bond donors (Lipinski definition) is 0. The van der Waals surface area contributed by atoms with Crippen LogP contribution in [0.1, 0.15) is 10.7 Å². The van der Waals surface area contributed by atoms with E-state index in [2.05, 4.69) is 21.2 Å². The predicted molar refractivity (Wildman–Crippen MR) is 125 cm³/mol. The molecule has 0 atom stereocenters. The Kier molecular flexibility index (Phi) is 7.16. The molecule has 0 spiro atoms. The van der Waals surface area contributed by atoms with Gasteiger partial charge in [0.15, 0.2) is 5.16 Å². The monoisotopic (exact) mass is 477 g/mol. The number of carbonyl (C=O) groups is 1. The molecule has 0 saturated carbocycles. The number of halogens is 1. The van der Waals surface area contributed by atoms with E-state index < -0.39 is 0 Å². The summed E-state index contributed by atoms with van der Waals surface area (Å²) in [5.41, 5.74) is 0.945. The van der Waals surface area contributed by atoms with Gasteiger partial charge in [0, 0.05) is 43.3 Å². The lowest BCUT2D eigenvalue weighted by atomic mass is 10.3. The number of thioether (sulfide) groups is 1. The van der Waals surface area contributed by atoms with Crippen LogP contribution in [0, 0.1) is 6.92 Å². The lowest BCUT2D eigenvalue weighted by Crippen LogP contribution is -2.48. The van der Waals surface area contributed by atoms with E-state index in [1.165, 1.54) is 16.6 Å². The van der Waals surface area contributed by atoms with Gasteiger partial charge in [-0.1, -0.05) is 23.4 Å². The molecule has 7 nitrogen and oxygen atoms in total. The third kappa shape index (κ3) is 5.41. The van der Waals surface area contributed by atoms with E-state index >= 15 is 0 Å². The summed E-state index contributed by atoms with van der Waals surface area (Å²) in [6.07, 6.45) is 0. The highest BCUT2D eigenvalue weighted by Crippen LogP contribution is 2.25. The van der Waals surface area contributed by atoms with Crippen molar-refractivity contribution in [2.24, 2.45) is 0 Å². The third-order valence-corrected chi connectivity index (χ3v) is 7.31. The number of piperazine rings is 1. The number of methoxy groups -OCH3 is 1. The van der Waals surface area contributed by atoms with Crippen LogP contribution < -0.4 is 4.74 Å². The maximum Gasteiger partial charge on any atom is 0.233 e. The van der Waals surface area contributed by atoms with Crippen molar-refractivity contribution >= 4 is 40.6 Å². The highest BCUT2D eigenvalue weighted by Gasteiger charge is 2.22. The summed E-state index contributed by atoms with van der Waals surface area (Å²) in [6.45, 7) is 6.01. The Morgan fingerprint density at radius 2 is 1.87 bits per heavy atom. The Morgan fingerprint density at radius 3 is 2.52 bits per heavy atom. The average Bonchev–Trinajstić information content (AvgIpc) is 3.37. The van der Waals surface area contributed by atoms with Crippen LogP contribution in [0.3, 0.4) is 0 Å². The largest absolute Gasteiger partial charge is 0.497 e. The first-order valence-corrected chi connectivity index (χ1v) is 12.1. The fourth-order valence-corrected chi connectivity index (χ4v) is 5.53. The van der Waals surface area contributed by atoms with E-state index in [1.54, 1.807) is 18.4 Å². The van der Waals surface area contributed by atoms with Crippen LogP contribution in [0.5, 0.6) is 5.75 Å². The number of hydrogen-bond acceptors (Lipinski definition) is 7. The molecule has 1 aliphatic heterocycles. The van der Waals surface area contributed by atoms with Crippen molar-refractivity contribution in [3.8, 4) is 11.4 Å². The maximum atomic E-state index is 12.8. The molecule has 3 aromatic rings. The Labute approximate surface area is 195 Å². The number of ether oxygens (including phenoxy) is 1. The minimum Gasteiger partial charge on any atom is -0.497 e. The van der Waals surface area contributed by atoms with Crippen molar-refractivity contribution in [1.82, 2.24) is 24.6 Å². The standard InChI is InChI=1S/C21H24ClN5O2S2/c1-15-23-24-21(27(15)16-3-5-17(29-2)6-4-16)30-14-20(28)26-11-9-25(10-12-26)13-18-7-8-19(22)31-18/h3-8H,9-14H2,1-2H3. The minimum atomic E-state index is 0.130. The number of rotatable bonds is 7. The maximum absolute atomic E-state index is 12.8. The summed E-state index contributed by atoms with van der Waals surface area (Å²) in [5, 5.41) is 9.18. The van der Waals surface area contributed by atoms with E-state index in [4.69, 9.17) is 16.3 Å². The molecule has 0 radical (unpaired) electrons.